The monoisotopic (exact) mass is 445 g/mol. The number of hydrogen-bond acceptors (Lipinski definition) is 5. The molecule has 2 heterocycles. The third-order valence-electron chi connectivity index (χ3n) is 6.07. The maximum Gasteiger partial charge on any atom is 0.346 e. The highest BCUT2D eigenvalue weighted by Gasteiger charge is 2.16. The SMILES string of the molecule is CCCCCc1nn(C(C)CC)c(=O)n1Cc1ccc(-c2cccc(-c3nn[nH]n3)c2)cc1. The minimum absolute atomic E-state index is 0.0206. The Kier molecular flexibility index (Phi) is 7.12. The van der Waals surface area contributed by atoms with Gasteiger partial charge in [0.05, 0.1) is 12.6 Å². The molecule has 0 aliphatic heterocycles. The summed E-state index contributed by atoms with van der Waals surface area (Å²) in [5, 5.41) is 18.9. The Morgan fingerprint density at radius 3 is 2.48 bits per heavy atom. The number of benzene rings is 2. The zero-order valence-electron chi connectivity index (χ0n) is 19.5. The van der Waals surface area contributed by atoms with E-state index in [0.717, 1.165) is 60.2 Å². The van der Waals surface area contributed by atoms with E-state index < -0.39 is 0 Å². The zero-order valence-corrected chi connectivity index (χ0v) is 19.5. The Labute approximate surface area is 193 Å². The second kappa shape index (κ2) is 10.4. The van der Waals surface area contributed by atoms with Gasteiger partial charge >= 0.3 is 5.69 Å². The lowest BCUT2D eigenvalue weighted by Gasteiger charge is -2.08. The summed E-state index contributed by atoms with van der Waals surface area (Å²) in [6, 6.07) is 16.5. The van der Waals surface area contributed by atoms with E-state index in [-0.39, 0.29) is 11.7 Å². The highest BCUT2D eigenvalue weighted by Crippen LogP contribution is 2.24. The Morgan fingerprint density at radius 1 is 1.00 bits per heavy atom. The first kappa shape index (κ1) is 22.6. The molecule has 0 amide bonds. The van der Waals surface area contributed by atoms with E-state index in [2.05, 4.69) is 64.8 Å². The summed E-state index contributed by atoms with van der Waals surface area (Å²) in [4.78, 5) is 13.1. The molecule has 8 nitrogen and oxygen atoms in total. The molecular weight excluding hydrogens is 414 g/mol. The molecule has 8 heteroatoms. The molecule has 0 bridgehead atoms. The molecule has 0 saturated carbocycles. The maximum absolute atomic E-state index is 13.1. The fourth-order valence-electron chi connectivity index (χ4n) is 3.90. The van der Waals surface area contributed by atoms with E-state index in [1.54, 1.807) is 4.68 Å². The molecule has 0 spiro atoms. The Hall–Kier alpha value is -3.55. The normalized spacial score (nSPS) is 12.2. The van der Waals surface area contributed by atoms with Crippen LogP contribution in [0.25, 0.3) is 22.5 Å². The van der Waals surface area contributed by atoms with Gasteiger partial charge < -0.3 is 0 Å². The van der Waals surface area contributed by atoms with Gasteiger partial charge in [0.25, 0.3) is 0 Å². The Bertz CT molecular complexity index is 1220. The van der Waals surface area contributed by atoms with Gasteiger partial charge in [0.1, 0.15) is 5.82 Å². The molecule has 1 atom stereocenters. The molecule has 0 aliphatic carbocycles. The lowest BCUT2D eigenvalue weighted by atomic mass is 10.0. The highest BCUT2D eigenvalue weighted by atomic mass is 16.2. The Balaban J connectivity index is 1.57. The third kappa shape index (κ3) is 5.10. The average molecular weight is 446 g/mol. The summed E-state index contributed by atoms with van der Waals surface area (Å²) in [6.07, 6.45) is 5.03. The van der Waals surface area contributed by atoms with E-state index in [0.29, 0.717) is 12.4 Å². The summed E-state index contributed by atoms with van der Waals surface area (Å²) in [5.74, 6) is 1.45. The number of aromatic amines is 1. The number of unbranched alkanes of at least 4 members (excludes halogenated alkanes) is 2. The molecule has 0 fully saturated rings. The van der Waals surface area contributed by atoms with Gasteiger partial charge in [0.2, 0.25) is 5.82 Å². The summed E-state index contributed by atoms with van der Waals surface area (Å²) in [7, 11) is 0. The van der Waals surface area contributed by atoms with Crippen molar-refractivity contribution in [1.82, 2.24) is 35.0 Å². The number of rotatable bonds is 10. The van der Waals surface area contributed by atoms with Crippen LogP contribution in [0.5, 0.6) is 0 Å². The number of H-pyrrole nitrogens is 1. The molecule has 172 valence electrons. The Morgan fingerprint density at radius 2 is 1.79 bits per heavy atom. The van der Waals surface area contributed by atoms with E-state index in [1.807, 2.05) is 29.7 Å². The van der Waals surface area contributed by atoms with Gasteiger partial charge in [-0.15, -0.1) is 10.2 Å². The minimum Gasteiger partial charge on any atom is -0.274 e. The highest BCUT2D eigenvalue weighted by molar-refractivity contribution is 5.70. The lowest BCUT2D eigenvalue weighted by molar-refractivity contribution is 0.456. The molecule has 0 saturated heterocycles. The van der Waals surface area contributed by atoms with Crippen LogP contribution in [0.2, 0.25) is 0 Å². The molecule has 1 N–H and O–H groups in total. The topological polar surface area (TPSA) is 94.3 Å². The largest absolute Gasteiger partial charge is 0.346 e. The van der Waals surface area contributed by atoms with Gasteiger partial charge in [-0.2, -0.15) is 10.3 Å². The third-order valence-corrected chi connectivity index (χ3v) is 6.07. The van der Waals surface area contributed by atoms with Crippen LogP contribution in [0.4, 0.5) is 0 Å². The van der Waals surface area contributed by atoms with Gasteiger partial charge in [0, 0.05) is 12.0 Å². The summed E-state index contributed by atoms with van der Waals surface area (Å²) < 4.78 is 3.49. The maximum atomic E-state index is 13.1. The van der Waals surface area contributed by atoms with Crippen molar-refractivity contribution in [3.8, 4) is 22.5 Å². The van der Waals surface area contributed by atoms with Crippen LogP contribution in [0.3, 0.4) is 0 Å². The first-order valence-corrected chi connectivity index (χ1v) is 11.7. The van der Waals surface area contributed by atoms with Gasteiger partial charge in [-0.3, -0.25) is 4.57 Å². The van der Waals surface area contributed by atoms with Crippen molar-refractivity contribution in [1.29, 1.82) is 0 Å². The van der Waals surface area contributed by atoms with E-state index in [1.165, 1.54) is 0 Å². The van der Waals surface area contributed by atoms with Crippen molar-refractivity contribution >= 4 is 0 Å². The standard InChI is InChI=1S/C25H31N7O/c1-4-6-7-11-23-28-32(18(3)5-2)25(33)31(23)17-19-12-14-20(15-13-19)21-9-8-10-22(16-21)24-26-29-30-27-24/h8-10,12-16,18H,4-7,11,17H2,1-3H3,(H,26,27,29,30). The number of tetrazole rings is 1. The van der Waals surface area contributed by atoms with Crippen LogP contribution in [0, 0.1) is 0 Å². The smallest absolute Gasteiger partial charge is 0.274 e. The zero-order chi connectivity index (χ0) is 23.2. The van der Waals surface area contributed by atoms with Crippen LogP contribution in [0.15, 0.2) is 53.3 Å². The van der Waals surface area contributed by atoms with E-state index in [9.17, 15) is 4.79 Å². The van der Waals surface area contributed by atoms with Gasteiger partial charge in [-0.25, -0.2) is 9.48 Å². The van der Waals surface area contributed by atoms with Gasteiger partial charge in [0.15, 0.2) is 0 Å². The average Bonchev–Trinajstić information content (AvgIpc) is 3.49. The molecule has 33 heavy (non-hydrogen) atoms. The minimum atomic E-state index is -0.0206. The fraction of sp³-hybridized carbons (Fsp3) is 0.400. The van der Waals surface area contributed by atoms with Crippen molar-refractivity contribution in [2.24, 2.45) is 0 Å². The summed E-state index contributed by atoms with van der Waals surface area (Å²) in [5.41, 5.74) is 4.13. The molecule has 2 aromatic carbocycles. The number of nitrogens with one attached hydrogen (secondary N) is 1. The summed E-state index contributed by atoms with van der Waals surface area (Å²) in [6.45, 7) is 6.84. The lowest BCUT2D eigenvalue weighted by Crippen LogP contribution is -2.27. The molecule has 4 rings (SSSR count). The predicted molar refractivity (Wildman–Crippen MR) is 129 cm³/mol. The van der Waals surface area contributed by atoms with Crippen molar-refractivity contribution < 1.29 is 0 Å². The summed E-state index contributed by atoms with van der Waals surface area (Å²) >= 11 is 0. The van der Waals surface area contributed by atoms with Crippen LogP contribution in [-0.4, -0.2) is 35.0 Å². The quantitative estimate of drug-likeness (QED) is 0.359. The molecule has 0 aliphatic rings. The predicted octanol–water partition coefficient (Wildman–Crippen LogP) is 4.64. The van der Waals surface area contributed by atoms with Crippen LogP contribution in [0.1, 0.15) is 63.9 Å². The molecule has 0 radical (unpaired) electrons. The first-order chi connectivity index (χ1) is 16.1. The second-order valence-corrected chi connectivity index (χ2v) is 8.46. The molecule has 4 aromatic rings. The number of hydrogen-bond donors (Lipinski definition) is 1. The van der Waals surface area contributed by atoms with Crippen LogP contribution < -0.4 is 5.69 Å². The van der Waals surface area contributed by atoms with Crippen molar-refractivity contribution in [2.75, 3.05) is 0 Å². The number of aryl methyl sites for hydroxylation is 1. The van der Waals surface area contributed by atoms with Gasteiger partial charge in [-0.1, -0.05) is 69.2 Å². The second-order valence-electron chi connectivity index (χ2n) is 8.46. The molecule has 1 unspecified atom stereocenters. The number of aromatic nitrogens is 7. The number of nitrogens with zero attached hydrogens (tertiary/aromatic N) is 6. The first-order valence-electron chi connectivity index (χ1n) is 11.7. The van der Waals surface area contributed by atoms with Crippen LogP contribution in [-0.2, 0) is 13.0 Å². The van der Waals surface area contributed by atoms with E-state index >= 15 is 0 Å². The van der Waals surface area contributed by atoms with Gasteiger partial charge in [-0.05, 0) is 47.7 Å². The fourth-order valence-corrected chi connectivity index (χ4v) is 3.90. The van der Waals surface area contributed by atoms with E-state index in [4.69, 9.17) is 5.10 Å². The van der Waals surface area contributed by atoms with Crippen LogP contribution >= 0.6 is 0 Å². The van der Waals surface area contributed by atoms with Crippen molar-refractivity contribution in [3.63, 3.8) is 0 Å². The molecule has 2 aromatic heterocycles. The van der Waals surface area contributed by atoms with Crippen molar-refractivity contribution in [3.05, 3.63) is 70.4 Å². The van der Waals surface area contributed by atoms with Crippen molar-refractivity contribution in [2.45, 2.75) is 65.5 Å². The molecular formula is C25H31N7O.